The summed E-state index contributed by atoms with van der Waals surface area (Å²) >= 11 is 0. The smallest absolute Gasteiger partial charge is 0.308 e. The van der Waals surface area contributed by atoms with Crippen LogP contribution in [0.2, 0.25) is 0 Å². The number of methoxy groups -OCH3 is 1. The van der Waals surface area contributed by atoms with Crippen LogP contribution in [-0.2, 0) is 19.2 Å². The van der Waals surface area contributed by atoms with Crippen LogP contribution in [0.25, 0.3) is 0 Å². The lowest BCUT2D eigenvalue weighted by Crippen LogP contribution is -2.30. The molecule has 0 aromatic heterocycles. The maximum Gasteiger partial charge on any atom is 0.308 e. The van der Waals surface area contributed by atoms with E-state index in [-0.39, 0.29) is 12.8 Å². The highest BCUT2D eigenvalue weighted by Gasteiger charge is 2.43. The molecule has 1 aliphatic carbocycles. The molecule has 0 spiro atoms. The van der Waals surface area contributed by atoms with Gasteiger partial charge in [-0.2, -0.15) is 0 Å². The zero-order valence-corrected chi connectivity index (χ0v) is 8.81. The Balaban J connectivity index is 2.67. The van der Waals surface area contributed by atoms with Gasteiger partial charge in [-0.25, -0.2) is 0 Å². The predicted molar refractivity (Wildman–Crippen MR) is 48.5 cm³/mol. The van der Waals surface area contributed by atoms with Crippen molar-refractivity contribution in [2.45, 2.75) is 25.0 Å². The number of rotatable bonds is 5. The van der Waals surface area contributed by atoms with E-state index in [1.54, 1.807) is 0 Å². The van der Waals surface area contributed by atoms with E-state index >= 15 is 0 Å². The number of nitrogens with zero attached hydrogens (tertiary/aromatic N) is 2. The van der Waals surface area contributed by atoms with Gasteiger partial charge in [-0.15, -0.1) is 20.2 Å². The standard InChI is InChI=1S/C7H10N2O8/c1-15-7(10)4-2-5(16-8(11)12)6(3-4)17-9(13)14/h4-6H,2-3H2,1H3/t4?,5-,6+. The van der Waals surface area contributed by atoms with E-state index in [0.717, 1.165) is 7.11 Å². The van der Waals surface area contributed by atoms with Crippen LogP contribution in [0.15, 0.2) is 0 Å². The number of carbonyl (C=O) groups excluding carboxylic acids is 1. The number of esters is 1. The molecule has 1 rings (SSSR count). The lowest BCUT2D eigenvalue weighted by atomic mass is 10.1. The van der Waals surface area contributed by atoms with E-state index < -0.39 is 34.3 Å². The first kappa shape index (κ1) is 12.9. The van der Waals surface area contributed by atoms with E-state index in [9.17, 15) is 25.0 Å². The number of hydrogen-bond donors (Lipinski definition) is 0. The molecule has 1 unspecified atom stereocenters. The Morgan fingerprint density at radius 2 is 1.53 bits per heavy atom. The largest absolute Gasteiger partial charge is 0.469 e. The van der Waals surface area contributed by atoms with Crippen molar-refractivity contribution in [2.24, 2.45) is 5.92 Å². The summed E-state index contributed by atoms with van der Waals surface area (Å²) in [6.07, 6.45) is -2.38. The van der Waals surface area contributed by atoms with Gasteiger partial charge in [-0.3, -0.25) is 4.79 Å². The Kier molecular flexibility index (Phi) is 4.01. The molecule has 0 heterocycles. The Morgan fingerprint density at radius 1 is 1.12 bits per heavy atom. The quantitative estimate of drug-likeness (QED) is 0.370. The van der Waals surface area contributed by atoms with Crippen LogP contribution in [0, 0.1) is 26.1 Å². The fraction of sp³-hybridized carbons (Fsp3) is 0.857. The maximum absolute atomic E-state index is 11.2. The SMILES string of the molecule is COC(=O)C1C[C@H](O[N+](=O)[O-])[C@H](O[N+](=O)[O-])C1. The summed E-state index contributed by atoms with van der Waals surface area (Å²) in [4.78, 5) is 40.0. The highest BCUT2D eigenvalue weighted by molar-refractivity contribution is 5.72. The molecule has 10 nitrogen and oxygen atoms in total. The molecule has 0 aromatic carbocycles. The Labute approximate surface area is 94.6 Å². The molecule has 96 valence electrons. The van der Waals surface area contributed by atoms with Gasteiger partial charge in [0.2, 0.25) is 0 Å². The normalized spacial score (nSPS) is 27.2. The fourth-order valence-corrected chi connectivity index (χ4v) is 1.76. The minimum Gasteiger partial charge on any atom is -0.469 e. The lowest BCUT2D eigenvalue weighted by molar-refractivity contribution is -0.797. The van der Waals surface area contributed by atoms with Gasteiger partial charge < -0.3 is 14.4 Å². The van der Waals surface area contributed by atoms with Gasteiger partial charge in [0.15, 0.2) is 0 Å². The van der Waals surface area contributed by atoms with Crippen molar-refractivity contribution in [3.63, 3.8) is 0 Å². The molecule has 0 aromatic rings. The van der Waals surface area contributed by atoms with E-state index in [0.29, 0.717) is 0 Å². The molecule has 17 heavy (non-hydrogen) atoms. The molecular weight excluding hydrogens is 240 g/mol. The van der Waals surface area contributed by atoms with Gasteiger partial charge in [-0.05, 0) is 12.8 Å². The number of ether oxygens (including phenoxy) is 1. The van der Waals surface area contributed by atoms with E-state index in [4.69, 9.17) is 0 Å². The highest BCUT2D eigenvalue weighted by atomic mass is 17.0. The second-order valence-corrected chi connectivity index (χ2v) is 3.43. The van der Waals surface area contributed by atoms with E-state index in [2.05, 4.69) is 14.4 Å². The topological polar surface area (TPSA) is 131 Å². The van der Waals surface area contributed by atoms with Crippen molar-refractivity contribution >= 4 is 5.97 Å². The third-order valence-electron chi connectivity index (χ3n) is 2.43. The molecule has 0 N–H and O–H groups in total. The zero-order chi connectivity index (χ0) is 13.0. The van der Waals surface area contributed by atoms with Crippen LogP contribution in [-0.4, -0.2) is 35.5 Å². The second kappa shape index (κ2) is 5.27. The molecule has 0 saturated heterocycles. The zero-order valence-electron chi connectivity index (χ0n) is 8.81. The van der Waals surface area contributed by atoms with Crippen LogP contribution >= 0.6 is 0 Å². The van der Waals surface area contributed by atoms with Gasteiger partial charge in [0, 0.05) is 0 Å². The van der Waals surface area contributed by atoms with Crippen molar-refractivity contribution in [1.82, 2.24) is 0 Å². The molecular formula is C7H10N2O8. The molecule has 0 amide bonds. The number of hydrogen-bond acceptors (Lipinski definition) is 8. The summed E-state index contributed by atoms with van der Waals surface area (Å²) in [5.74, 6) is -1.30. The van der Waals surface area contributed by atoms with Gasteiger partial charge in [-0.1, -0.05) is 0 Å². The number of carbonyl (C=O) groups is 1. The van der Waals surface area contributed by atoms with Crippen LogP contribution in [0.4, 0.5) is 0 Å². The van der Waals surface area contributed by atoms with Crippen LogP contribution in [0.5, 0.6) is 0 Å². The van der Waals surface area contributed by atoms with Crippen molar-refractivity contribution < 1.29 is 29.4 Å². The summed E-state index contributed by atoms with van der Waals surface area (Å²) in [7, 11) is 1.16. The fourth-order valence-electron chi connectivity index (χ4n) is 1.76. The first-order chi connectivity index (χ1) is 7.93. The van der Waals surface area contributed by atoms with Crippen LogP contribution in [0.3, 0.4) is 0 Å². The van der Waals surface area contributed by atoms with Crippen molar-refractivity contribution in [2.75, 3.05) is 7.11 Å². The second-order valence-electron chi connectivity index (χ2n) is 3.43. The summed E-state index contributed by atoms with van der Waals surface area (Å²) < 4.78 is 4.45. The molecule has 1 aliphatic rings. The Hall–Kier alpha value is -2.13. The molecule has 1 saturated carbocycles. The van der Waals surface area contributed by atoms with Crippen molar-refractivity contribution in [3.8, 4) is 0 Å². The van der Waals surface area contributed by atoms with Crippen LogP contribution < -0.4 is 0 Å². The molecule has 3 atom stereocenters. The molecule has 1 fully saturated rings. The summed E-state index contributed by atoms with van der Waals surface area (Å²) in [6.45, 7) is 0. The maximum atomic E-state index is 11.2. The summed E-state index contributed by atoms with van der Waals surface area (Å²) in [5, 5.41) is 18.2. The first-order valence-corrected chi connectivity index (χ1v) is 4.64. The molecule has 0 aliphatic heterocycles. The summed E-state index contributed by atoms with van der Waals surface area (Å²) in [5.41, 5.74) is 0. The first-order valence-electron chi connectivity index (χ1n) is 4.64. The minimum atomic E-state index is -1.14. The predicted octanol–water partition coefficient (Wildman–Crippen LogP) is -0.277. The monoisotopic (exact) mass is 250 g/mol. The van der Waals surface area contributed by atoms with E-state index in [1.807, 2.05) is 0 Å². The van der Waals surface area contributed by atoms with Gasteiger partial charge in [0.1, 0.15) is 12.2 Å². The molecule has 0 bridgehead atoms. The van der Waals surface area contributed by atoms with Crippen molar-refractivity contribution in [1.29, 1.82) is 0 Å². The molecule has 0 radical (unpaired) electrons. The van der Waals surface area contributed by atoms with Crippen molar-refractivity contribution in [3.05, 3.63) is 20.2 Å². The Bertz CT molecular complexity index is 308. The van der Waals surface area contributed by atoms with Gasteiger partial charge in [0.05, 0.1) is 13.0 Å². The molecule has 10 heteroatoms. The minimum absolute atomic E-state index is 0.0494. The third kappa shape index (κ3) is 3.43. The van der Waals surface area contributed by atoms with Gasteiger partial charge >= 0.3 is 5.97 Å². The Morgan fingerprint density at radius 3 is 1.82 bits per heavy atom. The highest BCUT2D eigenvalue weighted by Crippen LogP contribution is 2.31. The van der Waals surface area contributed by atoms with Gasteiger partial charge in [0.25, 0.3) is 10.2 Å². The average molecular weight is 250 g/mol. The third-order valence-corrected chi connectivity index (χ3v) is 2.43. The van der Waals surface area contributed by atoms with Crippen LogP contribution in [0.1, 0.15) is 12.8 Å². The summed E-state index contributed by atoms with van der Waals surface area (Å²) in [6, 6.07) is 0. The average Bonchev–Trinajstić information content (AvgIpc) is 2.58. The van der Waals surface area contributed by atoms with E-state index in [1.165, 1.54) is 0 Å². The lowest BCUT2D eigenvalue weighted by Gasteiger charge is -2.14.